The number of rotatable bonds is 10. The molecule has 4 N–H and O–H groups in total. The number of imide groups is 1. The highest BCUT2D eigenvalue weighted by molar-refractivity contribution is 6.06. The SMILES string of the molecule is CCc1cccc2cc(O)cc(-c3ncc4c(N5CC6CCC(C5)N6)nc(OCC5CCCN5C)nc4c3F)c12.O=C1CCC(N2Cc3c(cccc3N3CCC(CN4CCC(O)CC4)CC3)C2=O)C(=O)N1. The van der Waals surface area contributed by atoms with Gasteiger partial charge in [0.25, 0.3) is 5.91 Å². The number of pyridine rings is 1. The molecule has 7 aliphatic heterocycles. The van der Waals surface area contributed by atoms with Crippen molar-refractivity contribution in [3.05, 3.63) is 77.2 Å². The summed E-state index contributed by atoms with van der Waals surface area (Å²) < 4.78 is 22.8. The largest absolute Gasteiger partial charge is 0.508 e. The fraction of sp³-hybridized carbons (Fsp3) is 0.527. The van der Waals surface area contributed by atoms with Gasteiger partial charge < -0.3 is 44.8 Å². The van der Waals surface area contributed by atoms with Gasteiger partial charge in [-0.25, -0.2) is 4.39 Å². The van der Waals surface area contributed by atoms with E-state index in [1.165, 1.54) is 0 Å². The average molecular weight is 983 g/mol. The Kier molecular flexibility index (Phi) is 13.7. The molecule has 4 atom stereocenters. The normalized spacial score (nSPS) is 24.3. The van der Waals surface area contributed by atoms with Crippen LogP contribution in [0.2, 0.25) is 0 Å². The van der Waals surface area contributed by atoms with Gasteiger partial charge in [0.1, 0.15) is 35.4 Å². The van der Waals surface area contributed by atoms with Crippen LogP contribution in [0.25, 0.3) is 32.9 Å². The molecule has 2 aromatic heterocycles. The molecule has 0 aliphatic carbocycles. The molecule has 9 heterocycles. The van der Waals surface area contributed by atoms with E-state index in [1.54, 1.807) is 23.2 Å². The first-order valence-corrected chi connectivity index (χ1v) is 26.3. The third-order valence-electron chi connectivity index (χ3n) is 16.5. The summed E-state index contributed by atoms with van der Waals surface area (Å²) in [5.74, 6) is 0.139. The predicted octanol–water partition coefficient (Wildman–Crippen LogP) is 5.79. The molecule has 5 aromatic rings. The molecule has 380 valence electrons. The summed E-state index contributed by atoms with van der Waals surface area (Å²) in [5.41, 5.74) is 4.78. The number of anilines is 2. The molecule has 6 saturated heterocycles. The zero-order valence-corrected chi connectivity index (χ0v) is 41.5. The third-order valence-corrected chi connectivity index (χ3v) is 16.5. The first kappa shape index (κ1) is 48.3. The second kappa shape index (κ2) is 20.5. The zero-order chi connectivity index (χ0) is 49.6. The number of hydrogen-bond donors (Lipinski definition) is 4. The first-order chi connectivity index (χ1) is 35.0. The van der Waals surface area contributed by atoms with Crippen LogP contribution in [0.5, 0.6) is 11.8 Å². The summed E-state index contributed by atoms with van der Waals surface area (Å²) in [6, 6.07) is 15.8. The van der Waals surface area contributed by atoms with E-state index < -0.39 is 11.9 Å². The van der Waals surface area contributed by atoms with Crippen LogP contribution < -0.4 is 25.2 Å². The van der Waals surface area contributed by atoms with E-state index in [2.05, 4.69) is 60.2 Å². The van der Waals surface area contributed by atoms with Gasteiger partial charge in [0, 0.05) is 105 Å². The Labute approximate surface area is 419 Å². The van der Waals surface area contributed by atoms with Crippen molar-refractivity contribution in [1.82, 2.24) is 40.3 Å². The van der Waals surface area contributed by atoms with Gasteiger partial charge in [-0.05, 0) is 124 Å². The highest BCUT2D eigenvalue weighted by Gasteiger charge is 2.41. The minimum absolute atomic E-state index is 0.0708. The number of aliphatic hydroxyl groups excluding tert-OH is 1. The quantitative estimate of drug-likeness (QED) is 0.124. The summed E-state index contributed by atoms with van der Waals surface area (Å²) in [7, 11) is 2.10. The highest BCUT2D eigenvalue weighted by atomic mass is 19.1. The van der Waals surface area contributed by atoms with Gasteiger partial charge in [-0.2, -0.15) is 9.97 Å². The fourth-order valence-electron chi connectivity index (χ4n) is 12.5. The number of fused-ring (bicyclic) bond motifs is 5. The van der Waals surface area contributed by atoms with Crippen molar-refractivity contribution in [2.45, 2.75) is 114 Å². The maximum atomic E-state index is 16.6. The Hall–Kier alpha value is -6.01. The number of aromatic hydroxyl groups is 1. The van der Waals surface area contributed by atoms with Crippen molar-refractivity contribution in [2.24, 2.45) is 5.92 Å². The van der Waals surface area contributed by atoms with E-state index in [0.717, 1.165) is 138 Å². The maximum Gasteiger partial charge on any atom is 0.319 e. The molecule has 0 saturated carbocycles. The van der Waals surface area contributed by atoms with Crippen LogP contribution in [0.4, 0.5) is 15.9 Å². The number of hydrogen-bond acceptors (Lipinski definition) is 14. The first-order valence-electron chi connectivity index (χ1n) is 26.3. The van der Waals surface area contributed by atoms with Gasteiger partial charge in [0.2, 0.25) is 11.8 Å². The molecule has 3 aromatic carbocycles. The number of aryl methyl sites for hydroxylation is 1. The van der Waals surface area contributed by atoms with Crippen LogP contribution in [0, 0.1) is 11.7 Å². The summed E-state index contributed by atoms with van der Waals surface area (Å²) in [4.78, 5) is 62.1. The van der Waals surface area contributed by atoms with Crippen molar-refractivity contribution < 1.29 is 33.7 Å². The monoisotopic (exact) mass is 983 g/mol. The minimum Gasteiger partial charge on any atom is -0.508 e. The second-order valence-corrected chi connectivity index (χ2v) is 21.2. The Morgan fingerprint density at radius 2 is 1.64 bits per heavy atom. The topological polar surface area (TPSA) is 180 Å². The number of phenolic OH excluding ortho intramolecular Hbond substituents is 1. The molecule has 7 aliphatic rings. The van der Waals surface area contributed by atoms with Crippen LogP contribution >= 0.6 is 0 Å². The number of aliphatic hydroxyl groups is 1. The van der Waals surface area contributed by atoms with Crippen LogP contribution in [0.15, 0.2) is 54.7 Å². The van der Waals surface area contributed by atoms with E-state index in [0.29, 0.717) is 65.9 Å². The van der Waals surface area contributed by atoms with Gasteiger partial charge in [-0.3, -0.25) is 24.7 Å². The number of benzene rings is 3. The van der Waals surface area contributed by atoms with Gasteiger partial charge in [-0.15, -0.1) is 0 Å². The molecule has 0 spiro atoms. The van der Waals surface area contributed by atoms with Crippen molar-refractivity contribution in [3.8, 4) is 23.0 Å². The second-order valence-electron chi connectivity index (χ2n) is 21.2. The molecule has 6 fully saturated rings. The smallest absolute Gasteiger partial charge is 0.319 e. The number of ether oxygens (including phenoxy) is 1. The lowest BCUT2D eigenvalue weighted by Crippen LogP contribution is -2.52. The molecule has 0 radical (unpaired) electrons. The molecule has 16 nitrogen and oxygen atoms in total. The average Bonchev–Trinajstić information content (AvgIpc) is 4.07. The number of phenols is 1. The molecular weight excluding hydrogens is 916 g/mol. The number of carbonyl (C=O) groups is 3. The van der Waals surface area contributed by atoms with E-state index >= 15 is 4.39 Å². The van der Waals surface area contributed by atoms with Crippen LogP contribution in [0.1, 0.15) is 92.6 Å². The number of likely N-dealkylation sites (tertiary alicyclic amines) is 2. The number of piperazine rings is 1. The molecule has 2 bridgehead atoms. The third kappa shape index (κ3) is 9.68. The number of aromatic nitrogens is 3. The maximum absolute atomic E-state index is 16.6. The molecule has 72 heavy (non-hydrogen) atoms. The number of piperidine rings is 3. The molecule has 4 unspecified atom stereocenters. The van der Waals surface area contributed by atoms with E-state index in [4.69, 9.17) is 9.72 Å². The van der Waals surface area contributed by atoms with Gasteiger partial charge in [-0.1, -0.05) is 31.2 Å². The molecule has 3 amide bonds. The van der Waals surface area contributed by atoms with Crippen molar-refractivity contribution in [2.75, 3.05) is 75.8 Å². The van der Waals surface area contributed by atoms with Crippen molar-refractivity contribution >= 4 is 50.9 Å². The molecule has 12 rings (SSSR count). The Morgan fingerprint density at radius 3 is 2.38 bits per heavy atom. The number of likely N-dealkylation sites (N-methyl/N-ethyl adjacent to an activating group) is 1. The number of carbonyl (C=O) groups excluding carboxylic acids is 3. The predicted molar refractivity (Wildman–Crippen MR) is 274 cm³/mol. The molecule has 17 heteroatoms. The van der Waals surface area contributed by atoms with Gasteiger partial charge >= 0.3 is 6.01 Å². The summed E-state index contributed by atoms with van der Waals surface area (Å²) >= 11 is 0. The zero-order valence-electron chi connectivity index (χ0n) is 41.5. The lowest BCUT2D eigenvalue weighted by molar-refractivity contribution is -0.136. The van der Waals surface area contributed by atoms with Gasteiger partial charge in [0.15, 0.2) is 5.82 Å². The number of halogens is 1. The number of amides is 3. The number of nitrogens with one attached hydrogen (secondary N) is 2. The summed E-state index contributed by atoms with van der Waals surface area (Å²) in [5, 5.41) is 28.6. The summed E-state index contributed by atoms with van der Waals surface area (Å²) in [6.45, 7) is 10.6. The minimum atomic E-state index is -0.575. The fourth-order valence-corrected chi connectivity index (χ4v) is 12.5. The number of nitrogens with zero attached hydrogens (tertiary/aromatic N) is 8. The van der Waals surface area contributed by atoms with Crippen LogP contribution in [0.3, 0.4) is 0 Å². The van der Waals surface area contributed by atoms with Gasteiger partial charge in [0.05, 0.1) is 11.5 Å². The van der Waals surface area contributed by atoms with Crippen LogP contribution in [-0.4, -0.2) is 154 Å². The summed E-state index contributed by atoms with van der Waals surface area (Å²) in [6.07, 6.45) is 11.4. The van der Waals surface area contributed by atoms with Crippen LogP contribution in [-0.2, 0) is 22.6 Å². The molecular formula is C55H67FN10O6. The van der Waals surface area contributed by atoms with E-state index in [1.807, 2.05) is 30.3 Å². The van der Waals surface area contributed by atoms with E-state index in [9.17, 15) is 24.6 Å². The highest BCUT2D eigenvalue weighted by Crippen LogP contribution is 2.40. The van der Waals surface area contributed by atoms with Crippen molar-refractivity contribution in [3.63, 3.8) is 0 Å². The Bertz CT molecular complexity index is 2860. The standard InChI is InChI=1S/C31H35FN6O2.C24H32N4O4/c1-3-18-6-4-7-19-12-23(39)13-24(26(18)19)28-27(32)29-25(14-33-28)30(38-15-20-9-10-21(16-38)34-20)36-31(35-29)40-17-22-8-5-11-37(22)2;29-17-8-10-26(11-9-17)14-16-6-12-27(13-7-16)20-3-1-2-18-19(20)15-28(24(18)32)21-4-5-22(30)25-23(21)31/h4,6-7,12-14,20-22,34,39H,3,5,8-11,15-17H2,1-2H3;1-3,16-17,21,29H,4-15H2,(H,25,30,31). The Balaban J connectivity index is 0.000000160. The Morgan fingerprint density at radius 1 is 0.861 bits per heavy atom. The lowest BCUT2D eigenvalue weighted by atomic mass is 9.94. The van der Waals surface area contributed by atoms with Crippen molar-refractivity contribution in [1.29, 1.82) is 0 Å². The van der Waals surface area contributed by atoms with E-state index in [-0.39, 0.29) is 53.2 Å². The lowest BCUT2D eigenvalue weighted by Gasteiger charge is -2.38.